The molecule has 124 valence electrons. The normalized spacial score (nSPS) is 25.1. The predicted molar refractivity (Wildman–Crippen MR) is 96.6 cm³/mol. The fraction of sp³-hybridized carbons (Fsp3) is 0.421. The van der Waals surface area contributed by atoms with Gasteiger partial charge in [-0.1, -0.05) is 24.3 Å². The zero-order valence-corrected chi connectivity index (χ0v) is 14.6. The maximum absolute atomic E-state index is 6.58. The van der Waals surface area contributed by atoms with E-state index in [4.69, 9.17) is 9.84 Å². The Kier molecular flexibility index (Phi) is 3.22. The number of piperidine rings is 1. The largest absolute Gasteiger partial charge is 0.466 e. The van der Waals surface area contributed by atoms with Gasteiger partial charge in [-0.3, -0.25) is 0 Å². The van der Waals surface area contributed by atoms with Gasteiger partial charge in [0.2, 0.25) is 5.72 Å². The van der Waals surface area contributed by atoms with Crippen molar-refractivity contribution in [2.45, 2.75) is 31.0 Å². The van der Waals surface area contributed by atoms with Crippen LogP contribution in [-0.2, 0) is 0 Å². The molecule has 1 unspecified atom stereocenters. The predicted octanol–water partition coefficient (Wildman–Crippen LogP) is 3.71. The number of hydrazone groups is 1. The van der Waals surface area contributed by atoms with Crippen molar-refractivity contribution >= 4 is 17.0 Å². The van der Waals surface area contributed by atoms with E-state index in [-0.39, 0.29) is 5.72 Å². The van der Waals surface area contributed by atoms with Gasteiger partial charge >= 0.3 is 0 Å². The van der Waals surface area contributed by atoms with Crippen LogP contribution in [0.15, 0.2) is 46.9 Å². The summed E-state index contributed by atoms with van der Waals surface area (Å²) >= 11 is 1.78. The van der Waals surface area contributed by atoms with Gasteiger partial charge in [0.15, 0.2) is 0 Å². The average molecular weight is 339 g/mol. The molecule has 24 heavy (non-hydrogen) atoms. The maximum Gasteiger partial charge on any atom is 0.200 e. The van der Waals surface area contributed by atoms with Crippen LogP contribution in [0, 0.1) is 0 Å². The molecule has 0 radical (unpaired) electrons. The Labute approximate surface area is 146 Å². The summed E-state index contributed by atoms with van der Waals surface area (Å²) in [6, 6.07) is 13.1. The molecule has 2 aromatic rings. The van der Waals surface area contributed by atoms with E-state index >= 15 is 0 Å². The molecule has 0 saturated carbocycles. The number of fused-ring (bicyclic) bond motifs is 4. The van der Waals surface area contributed by atoms with Crippen LogP contribution < -0.4 is 4.74 Å². The Morgan fingerprint density at radius 2 is 2.00 bits per heavy atom. The second-order valence-electron chi connectivity index (χ2n) is 6.98. The number of hydrogen-bond donors (Lipinski definition) is 0. The molecule has 3 aliphatic rings. The maximum atomic E-state index is 6.58. The highest BCUT2D eigenvalue weighted by molar-refractivity contribution is 7.12. The molecule has 3 aliphatic heterocycles. The van der Waals surface area contributed by atoms with Crippen molar-refractivity contribution in [2.24, 2.45) is 5.10 Å². The van der Waals surface area contributed by atoms with E-state index in [9.17, 15) is 0 Å². The SMILES string of the molecule is CN1CCC2(CC1)Oc1ccccc1C1CC(c3cccs3)=NN12. The third kappa shape index (κ3) is 2.11. The Hall–Kier alpha value is -1.85. The molecule has 1 spiro atoms. The minimum atomic E-state index is -0.287. The van der Waals surface area contributed by atoms with Gasteiger partial charge in [-0.15, -0.1) is 11.3 Å². The Morgan fingerprint density at radius 3 is 2.79 bits per heavy atom. The first kappa shape index (κ1) is 14.5. The van der Waals surface area contributed by atoms with E-state index in [0.29, 0.717) is 6.04 Å². The van der Waals surface area contributed by atoms with Crippen molar-refractivity contribution in [3.63, 3.8) is 0 Å². The molecular weight excluding hydrogens is 318 g/mol. The number of likely N-dealkylation sites (tertiary alicyclic amines) is 1. The van der Waals surface area contributed by atoms with Crippen LogP contribution in [0.4, 0.5) is 0 Å². The smallest absolute Gasteiger partial charge is 0.200 e. The molecule has 0 N–H and O–H groups in total. The van der Waals surface area contributed by atoms with Crippen molar-refractivity contribution in [3.8, 4) is 5.75 Å². The second-order valence-corrected chi connectivity index (χ2v) is 7.93. The molecule has 5 rings (SSSR count). The van der Waals surface area contributed by atoms with E-state index < -0.39 is 0 Å². The lowest BCUT2D eigenvalue weighted by atomic mass is 9.91. The number of hydrogen-bond acceptors (Lipinski definition) is 5. The third-order valence-corrected chi connectivity index (χ3v) is 6.40. The molecule has 1 aromatic heterocycles. The topological polar surface area (TPSA) is 28.1 Å². The number of nitrogens with zero attached hydrogens (tertiary/aromatic N) is 3. The summed E-state index contributed by atoms with van der Waals surface area (Å²) in [5, 5.41) is 9.49. The molecule has 1 saturated heterocycles. The third-order valence-electron chi connectivity index (χ3n) is 5.48. The monoisotopic (exact) mass is 339 g/mol. The van der Waals surface area contributed by atoms with Crippen LogP contribution in [0.2, 0.25) is 0 Å². The van der Waals surface area contributed by atoms with Gasteiger partial charge in [-0.2, -0.15) is 5.10 Å². The summed E-state index contributed by atoms with van der Waals surface area (Å²) in [5.41, 5.74) is 2.19. The first-order chi connectivity index (χ1) is 11.8. The first-order valence-electron chi connectivity index (χ1n) is 8.62. The number of rotatable bonds is 1. The van der Waals surface area contributed by atoms with E-state index in [2.05, 4.69) is 58.7 Å². The van der Waals surface area contributed by atoms with Gasteiger partial charge in [0.25, 0.3) is 0 Å². The molecule has 1 fully saturated rings. The Bertz CT molecular complexity index is 778. The van der Waals surface area contributed by atoms with Gasteiger partial charge in [0.1, 0.15) is 5.75 Å². The molecule has 0 bridgehead atoms. The Morgan fingerprint density at radius 1 is 1.17 bits per heavy atom. The quantitative estimate of drug-likeness (QED) is 0.793. The van der Waals surface area contributed by atoms with Gasteiger partial charge < -0.3 is 9.64 Å². The van der Waals surface area contributed by atoms with Crippen LogP contribution in [0.5, 0.6) is 5.75 Å². The lowest BCUT2D eigenvalue weighted by Crippen LogP contribution is -2.58. The molecule has 4 nitrogen and oxygen atoms in total. The van der Waals surface area contributed by atoms with Crippen LogP contribution in [-0.4, -0.2) is 41.5 Å². The van der Waals surface area contributed by atoms with Crippen molar-refractivity contribution in [2.75, 3.05) is 20.1 Å². The van der Waals surface area contributed by atoms with Crippen LogP contribution in [0.1, 0.15) is 35.7 Å². The van der Waals surface area contributed by atoms with E-state index in [1.807, 2.05) is 0 Å². The fourth-order valence-electron chi connectivity index (χ4n) is 4.12. The zero-order valence-electron chi connectivity index (χ0n) is 13.8. The van der Waals surface area contributed by atoms with Crippen molar-refractivity contribution in [1.82, 2.24) is 9.91 Å². The number of thiophene rings is 1. The van der Waals surface area contributed by atoms with Crippen LogP contribution in [0.3, 0.4) is 0 Å². The van der Waals surface area contributed by atoms with Gasteiger partial charge in [0.05, 0.1) is 16.6 Å². The highest BCUT2D eigenvalue weighted by Gasteiger charge is 2.51. The molecular formula is C19H21N3OS. The van der Waals surface area contributed by atoms with Crippen molar-refractivity contribution < 1.29 is 4.74 Å². The molecule has 0 aliphatic carbocycles. The fourth-order valence-corrected chi connectivity index (χ4v) is 4.84. The minimum Gasteiger partial charge on any atom is -0.466 e. The molecule has 1 aromatic carbocycles. The van der Waals surface area contributed by atoms with Crippen LogP contribution in [0.25, 0.3) is 0 Å². The van der Waals surface area contributed by atoms with E-state index in [1.54, 1.807) is 11.3 Å². The summed E-state index contributed by atoms with van der Waals surface area (Å²) < 4.78 is 6.58. The molecule has 1 atom stereocenters. The van der Waals surface area contributed by atoms with E-state index in [1.165, 1.54) is 16.2 Å². The Balaban J connectivity index is 1.59. The minimum absolute atomic E-state index is 0.287. The number of para-hydroxylation sites is 1. The summed E-state index contributed by atoms with van der Waals surface area (Å²) in [4.78, 5) is 3.66. The van der Waals surface area contributed by atoms with Crippen molar-refractivity contribution in [1.29, 1.82) is 0 Å². The highest BCUT2D eigenvalue weighted by Crippen LogP contribution is 2.49. The van der Waals surface area contributed by atoms with Gasteiger partial charge in [0, 0.05) is 37.9 Å². The second kappa shape index (κ2) is 5.33. The lowest BCUT2D eigenvalue weighted by molar-refractivity contribution is -0.147. The summed E-state index contributed by atoms with van der Waals surface area (Å²) in [5.74, 6) is 1.05. The van der Waals surface area contributed by atoms with E-state index in [0.717, 1.165) is 38.1 Å². The van der Waals surface area contributed by atoms with Crippen LogP contribution >= 0.6 is 11.3 Å². The zero-order chi connectivity index (χ0) is 16.1. The lowest BCUT2D eigenvalue weighted by Gasteiger charge is -2.50. The molecule has 0 amide bonds. The highest BCUT2D eigenvalue weighted by atomic mass is 32.1. The average Bonchev–Trinajstić information content (AvgIpc) is 3.27. The standard InChI is InChI=1S/C19H21N3OS/c1-21-10-8-19(9-11-21)22-16(14-5-2-3-6-17(14)23-19)13-15(20-22)18-7-4-12-24-18/h2-7,12,16H,8-11,13H2,1H3. The molecule has 5 heteroatoms. The number of ether oxygens (including phenoxy) is 1. The van der Waals surface area contributed by atoms with Gasteiger partial charge in [-0.25, -0.2) is 5.01 Å². The number of benzene rings is 1. The first-order valence-corrected chi connectivity index (χ1v) is 9.50. The van der Waals surface area contributed by atoms with Crippen molar-refractivity contribution in [3.05, 3.63) is 52.2 Å². The van der Waals surface area contributed by atoms with Gasteiger partial charge in [-0.05, 0) is 24.6 Å². The summed E-state index contributed by atoms with van der Waals surface area (Å²) in [7, 11) is 2.19. The molecule has 4 heterocycles. The summed E-state index contributed by atoms with van der Waals surface area (Å²) in [6.07, 6.45) is 2.96. The summed E-state index contributed by atoms with van der Waals surface area (Å²) in [6.45, 7) is 2.10.